The Bertz CT molecular complexity index is 857. The second-order valence-corrected chi connectivity index (χ2v) is 8.51. The molecule has 2 rings (SSSR count). The zero-order valence-electron chi connectivity index (χ0n) is 15.5. The number of hydrogen-bond acceptors (Lipinski definition) is 5. The molecule has 0 amide bonds. The van der Waals surface area contributed by atoms with Gasteiger partial charge in [0.05, 0.1) is 10.4 Å². The number of carbonyl (C=O) groups is 2. The standard InChI is InChI=1S/C20H19BrCl2O5/c1-13(24)27-20(21,28-17-10-9-14(22)11-16(17)23)18(25)19(2,3)12-26-15-7-5-4-6-8-15/h4-11H,12H2,1-3H3. The van der Waals surface area contributed by atoms with E-state index in [1.807, 2.05) is 18.2 Å². The van der Waals surface area contributed by atoms with E-state index in [0.717, 1.165) is 0 Å². The van der Waals surface area contributed by atoms with Gasteiger partial charge in [-0.2, -0.15) is 0 Å². The number of hydrogen-bond donors (Lipinski definition) is 0. The number of rotatable bonds is 8. The molecule has 0 aliphatic heterocycles. The first-order valence-corrected chi connectivity index (χ1v) is 9.84. The number of carbonyl (C=O) groups excluding carboxylic acids is 2. The van der Waals surface area contributed by atoms with Crippen molar-refractivity contribution in [2.75, 3.05) is 6.61 Å². The molecule has 0 saturated heterocycles. The Morgan fingerprint density at radius 3 is 2.29 bits per heavy atom. The van der Waals surface area contributed by atoms with Gasteiger partial charge in [-0.15, -0.1) is 0 Å². The lowest BCUT2D eigenvalue weighted by Gasteiger charge is -2.33. The van der Waals surface area contributed by atoms with E-state index in [9.17, 15) is 9.59 Å². The molecule has 0 bridgehead atoms. The van der Waals surface area contributed by atoms with Crippen LogP contribution < -0.4 is 9.47 Å². The molecule has 0 aliphatic rings. The number of halogens is 3. The third kappa shape index (κ3) is 5.87. The third-order valence-electron chi connectivity index (χ3n) is 3.64. The molecule has 28 heavy (non-hydrogen) atoms. The topological polar surface area (TPSA) is 61.8 Å². The van der Waals surface area contributed by atoms with Crippen molar-refractivity contribution in [1.82, 2.24) is 0 Å². The second-order valence-electron chi connectivity index (χ2n) is 6.62. The van der Waals surface area contributed by atoms with Crippen LogP contribution in [-0.4, -0.2) is 23.1 Å². The maximum Gasteiger partial charge on any atom is 0.373 e. The summed E-state index contributed by atoms with van der Waals surface area (Å²) in [6.07, 6.45) is 0. The summed E-state index contributed by atoms with van der Waals surface area (Å²) in [5, 5.41) is 0.558. The molecule has 2 aromatic carbocycles. The monoisotopic (exact) mass is 488 g/mol. The van der Waals surface area contributed by atoms with Crippen LogP contribution in [-0.2, 0) is 14.3 Å². The molecule has 0 spiro atoms. The minimum absolute atomic E-state index is 0.0299. The Morgan fingerprint density at radius 2 is 1.71 bits per heavy atom. The van der Waals surface area contributed by atoms with Crippen LogP contribution in [0.1, 0.15) is 20.8 Å². The summed E-state index contributed by atoms with van der Waals surface area (Å²) in [7, 11) is 0. The van der Waals surface area contributed by atoms with Gasteiger partial charge < -0.3 is 14.2 Å². The van der Waals surface area contributed by atoms with Gasteiger partial charge in [-0.25, -0.2) is 0 Å². The minimum atomic E-state index is -2.08. The number of ketones is 1. The van der Waals surface area contributed by atoms with Crippen LogP contribution in [0.4, 0.5) is 0 Å². The van der Waals surface area contributed by atoms with E-state index in [4.69, 9.17) is 37.4 Å². The van der Waals surface area contributed by atoms with Crippen LogP contribution in [0.15, 0.2) is 48.5 Å². The fourth-order valence-electron chi connectivity index (χ4n) is 2.25. The van der Waals surface area contributed by atoms with E-state index < -0.39 is 21.9 Å². The highest BCUT2D eigenvalue weighted by molar-refractivity contribution is 9.10. The molecule has 8 heteroatoms. The molecule has 1 atom stereocenters. The number of para-hydroxylation sites is 1. The first kappa shape index (κ1) is 22.5. The van der Waals surface area contributed by atoms with E-state index in [1.54, 1.807) is 26.0 Å². The Kier molecular flexibility index (Phi) is 7.37. The van der Waals surface area contributed by atoms with Crippen molar-refractivity contribution >= 4 is 50.9 Å². The minimum Gasteiger partial charge on any atom is -0.493 e. The van der Waals surface area contributed by atoms with E-state index >= 15 is 0 Å². The Morgan fingerprint density at radius 1 is 1.07 bits per heavy atom. The molecular weight excluding hydrogens is 471 g/mol. The second kappa shape index (κ2) is 9.16. The summed E-state index contributed by atoms with van der Waals surface area (Å²) in [5.74, 6) is -0.540. The maximum atomic E-state index is 13.2. The molecule has 1 unspecified atom stereocenters. The summed E-state index contributed by atoms with van der Waals surface area (Å²) in [5.41, 5.74) is -1.08. The lowest BCUT2D eigenvalue weighted by atomic mass is 9.88. The molecule has 0 N–H and O–H groups in total. The van der Waals surface area contributed by atoms with E-state index in [1.165, 1.54) is 25.1 Å². The Hall–Kier alpha value is -1.76. The molecular formula is C20H19BrCl2O5. The van der Waals surface area contributed by atoms with Crippen molar-refractivity contribution in [2.45, 2.75) is 25.5 Å². The molecule has 2 aromatic rings. The number of benzene rings is 2. The molecule has 0 fully saturated rings. The van der Waals surface area contributed by atoms with Gasteiger partial charge in [-0.3, -0.25) is 9.59 Å². The van der Waals surface area contributed by atoms with Crippen LogP contribution in [0.25, 0.3) is 0 Å². The smallest absolute Gasteiger partial charge is 0.373 e. The van der Waals surface area contributed by atoms with Crippen LogP contribution in [0.2, 0.25) is 10.0 Å². The fourth-order valence-corrected chi connectivity index (χ4v) is 3.63. The molecule has 0 heterocycles. The molecule has 0 aliphatic carbocycles. The first-order valence-electron chi connectivity index (χ1n) is 8.29. The van der Waals surface area contributed by atoms with Gasteiger partial charge in [0.25, 0.3) is 0 Å². The molecule has 0 saturated carbocycles. The zero-order valence-corrected chi connectivity index (χ0v) is 18.6. The SMILES string of the molecule is CC(=O)OC(Br)(Oc1ccc(Cl)cc1Cl)C(=O)C(C)(C)COc1ccccc1. The van der Waals surface area contributed by atoms with Crippen molar-refractivity contribution < 1.29 is 23.8 Å². The molecule has 0 aromatic heterocycles. The van der Waals surface area contributed by atoms with Crippen LogP contribution >= 0.6 is 39.1 Å². The fraction of sp³-hybridized carbons (Fsp3) is 0.300. The number of Topliss-reactive ketones (excluding diaryl/α,β-unsaturated/α-hetero) is 1. The van der Waals surface area contributed by atoms with Gasteiger partial charge in [-0.05, 0) is 44.2 Å². The van der Waals surface area contributed by atoms with Gasteiger partial charge in [0, 0.05) is 27.9 Å². The third-order valence-corrected chi connectivity index (χ3v) is 4.85. The van der Waals surface area contributed by atoms with Crippen molar-refractivity contribution in [3.63, 3.8) is 0 Å². The lowest BCUT2D eigenvalue weighted by molar-refractivity contribution is -0.180. The first-order chi connectivity index (χ1) is 13.0. The van der Waals surface area contributed by atoms with Crippen molar-refractivity contribution in [3.8, 4) is 11.5 Å². The van der Waals surface area contributed by atoms with Crippen molar-refractivity contribution in [2.24, 2.45) is 5.41 Å². The van der Waals surface area contributed by atoms with Crippen molar-refractivity contribution in [1.29, 1.82) is 0 Å². The number of esters is 1. The normalized spacial score (nSPS) is 13.4. The van der Waals surface area contributed by atoms with E-state index in [-0.39, 0.29) is 17.4 Å². The van der Waals surface area contributed by atoms with Crippen LogP contribution in [0.5, 0.6) is 11.5 Å². The average molecular weight is 490 g/mol. The van der Waals surface area contributed by atoms with Gasteiger partial charge >= 0.3 is 10.7 Å². The lowest BCUT2D eigenvalue weighted by Crippen LogP contribution is -2.51. The largest absolute Gasteiger partial charge is 0.493 e. The van der Waals surface area contributed by atoms with Crippen molar-refractivity contribution in [3.05, 3.63) is 58.6 Å². The van der Waals surface area contributed by atoms with E-state index in [2.05, 4.69) is 15.9 Å². The highest BCUT2D eigenvalue weighted by Crippen LogP contribution is 2.38. The maximum absolute atomic E-state index is 13.2. The highest BCUT2D eigenvalue weighted by Gasteiger charge is 2.50. The average Bonchev–Trinajstić information content (AvgIpc) is 2.62. The zero-order chi connectivity index (χ0) is 20.9. The number of ether oxygens (including phenoxy) is 3. The summed E-state index contributed by atoms with van der Waals surface area (Å²) in [6, 6.07) is 13.5. The van der Waals surface area contributed by atoms with Gasteiger partial charge in [0.15, 0.2) is 0 Å². The summed E-state index contributed by atoms with van der Waals surface area (Å²) in [6.45, 7) is 4.51. The molecule has 0 radical (unpaired) electrons. The van der Waals surface area contributed by atoms with Gasteiger partial charge in [0.2, 0.25) is 5.78 Å². The summed E-state index contributed by atoms with van der Waals surface area (Å²) in [4.78, 5) is 24.9. The molecule has 5 nitrogen and oxygen atoms in total. The van der Waals surface area contributed by atoms with Crippen LogP contribution in [0.3, 0.4) is 0 Å². The van der Waals surface area contributed by atoms with E-state index in [0.29, 0.717) is 10.8 Å². The predicted molar refractivity (Wildman–Crippen MR) is 111 cm³/mol. The quantitative estimate of drug-likeness (QED) is 0.272. The Labute approximate surface area is 182 Å². The molecule has 150 valence electrons. The van der Waals surface area contributed by atoms with Crippen LogP contribution in [0, 0.1) is 5.41 Å². The highest BCUT2D eigenvalue weighted by atomic mass is 79.9. The predicted octanol–water partition coefficient (Wildman–Crippen LogP) is 5.66. The Balaban J connectivity index is 2.26. The number of alkyl halides is 1. The van der Waals surface area contributed by atoms with Gasteiger partial charge in [-0.1, -0.05) is 41.4 Å². The summed E-state index contributed by atoms with van der Waals surface area (Å²) < 4.78 is 14.5. The summed E-state index contributed by atoms with van der Waals surface area (Å²) >= 11 is 15.2. The van der Waals surface area contributed by atoms with Gasteiger partial charge in [0.1, 0.15) is 18.1 Å².